The molecule has 0 spiro atoms. The molecule has 18 heavy (non-hydrogen) atoms. The highest BCUT2D eigenvalue weighted by molar-refractivity contribution is 7.91. The van der Waals surface area contributed by atoms with Crippen molar-refractivity contribution in [3.05, 3.63) is 35.1 Å². The standard InChI is InChI=1S/C12H14FNO3S/c1-9-2-3-10(11(13)8-9)12(15)14-4-6-18(16,17)7-5-14/h2-3,8H,4-7H2,1H3. The van der Waals surface area contributed by atoms with Gasteiger partial charge in [-0.05, 0) is 24.6 Å². The van der Waals surface area contributed by atoms with Crippen LogP contribution in [0.25, 0.3) is 0 Å². The van der Waals surface area contributed by atoms with Gasteiger partial charge in [-0.3, -0.25) is 4.79 Å². The largest absolute Gasteiger partial charge is 0.337 e. The number of benzene rings is 1. The van der Waals surface area contributed by atoms with Crippen molar-refractivity contribution in [2.45, 2.75) is 6.92 Å². The van der Waals surface area contributed by atoms with E-state index in [1.807, 2.05) is 0 Å². The highest BCUT2D eigenvalue weighted by Gasteiger charge is 2.26. The first-order valence-electron chi connectivity index (χ1n) is 5.65. The SMILES string of the molecule is Cc1ccc(C(=O)N2CCS(=O)(=O)CC2)c(F)c1. The summed E-state index contributed by atoms with van der Waals surface area (Å²) >= 11 is 0. The van der Waals surface area contributed by atoms with Gasteiger partial charge in [0.2, 0.25) is 0 Å². The van der Waals surface area contributed by atoms with Gasteiger partial charge in [0.1, 0.15) is 5.82 Å². The van der Waals surface area contributed by atoms with Gasteiger partial charge >= 0.3 is 0 Å². The lowest BCUT2D eigenvalue weighted by Gasteiger charge is -2.26. The fourth-order valence-electron chi connectivity index (χ4n) is 1.88. The van der Waals surface area contributed by atoms with Gasteiger partial charge in [-0.25, -0.2) is 12.8 Å². The second kappa shape index (κ2) is 4.68. The Balaban J connectivity index is 2.17. The van der Waals surface area contributed by atoms with Crippen molar-refractivity contribution in [3.63, 3.8) is 0 Å². The van der Waals surface area contributed by atoms with E-state index in [2.05, 4.69) is 0 Å². The van der Waals surface area contributed by atoms with Gasteiger partial charge < -0.3 is 4.90 Å². The van der Waals surface area contributed by atoms with Crippen molar-refractivity contribution >= 4 is 15.7 Å². The zero-order valence-electron chi connectivity index (χ0n) is 10.0. The van der Waals surface area contributed by atoms with Crippen molar-refractivity contribution in [2.75, 3.05) is 24.6 Å². The average Bonchev–Trinajstić information content (AvgIpc) is 2.28. The number of carbonyl (C=O) groups is 1. The number of amides is 1. The Bertz CT molecular complexity index is 569. The lowest BCUT2D eigenvalue weighted by Crippen LogP contribution is -2.44. The molecule has 4 nitrogen and oxygen atoms in total. The van der Waals surface area contributed by atoms with Gasteiger partial charge in [-0.15, -0.1) is 0 Å². The number of hydrogen-bond donors (Lipinski definition) is 0. The van der Waals surface area contributed by atoms with Crippen molar-refractivity contribution < 1.29 is 17.6 Å². The first-order chi connectivity index (χ1) is 8.39. The average molecular weight is 271 g/mol. The van der Waals surface area contributed by atoms with E-state index in [1.165, 1.54) is 17.0 Å². The zero-order valence-corrected chi connectivity index (χ0v) is 10.8. The molecular weight excluding hydrogens is 257 g/mol. The molecule has 0 aromatic heterocycles. The molecule has 1 fully saturated rings. The third-order valence-corrected chi connectivity index (χ3v) is 4.60. The van der Waals surface area contributed by atoms with Crippen LogP contribution in [0.5, 0.6) is 0 Å². The predicted molar refractivity (Wildman–Crippen MR) is 65.7 cm³/mol. The van der Waals surface area contributed by atoms with Gasteiger partial charge in [0.05, 0.1) is 17.1 Å². The van der Waals surface area contributed by atoms with Crippen LogP contribution in [0.3, 0.4) is 0 Å². The Morgan fingerprint density at radius 3 is 2.44 bits per heavy atom. The second-order valence-corrected chi connectivity index (χ2v) is 6.73. The van der Waals surface area contributed by atoms with Gasteiger partial charge in [0, 0.05) is 13.1 Å². The van der Waals surface area contributed by atoms with Gasteiger partial charge in [-0.1, -0.05) is 6.07 Å². The minimum Gasteiger partial charge on any atom is -0.337 e. The molecule has 0 aliphatic carbocycles. The first kappa shape index (κ1) is 13.0. The van der Waals surface area contributed by atoms with Crippen LogP contribution in [-0.4, -0.2) is 43.8 Å². The number of halogens is 1. The van der Waals surface area contributed by atoms with Crippen molar-refractivity contribution in [1.29, 1.82) is 0 Å². The molecule has 1 aromatic rings. The molecule has 2 rings (SSSR count). The normalized spacial score (nSPS) is 18.7. The van der Waals surface area contributed by atoms with E-state index in [0.29, 0.717) is 0 Å². The summed E-state index contributed by atoms with van der Waals surface area (Å²) < 4.78 is 36.2. The maximum atomic E-state index is 13.6. The summed E-state index contributed by atoms with van der Waals surface area (Å²) in [5.41, 5.74) is 0.741. The second-order valence-electron chi connectivity index (χ2n) is 4.43. The molecule has 0 unspecified atom stereocenters. The molecule has 0 radical (unpaired) electrons. The van der Waals surface area contributed by atoms with Gasteiger partial charge in [0.15, 0.2) is 9.84 Å². The highest BCUT2D eigenvalue weighted by atomic mass is 32.2. The fraction of sp³-hybridized carbons (Fsp3) is 0.417. The molecule has 98 valence electrons. The van der Waals surface area contributed by atoms with E-state index >= 15 is 0 Å². The van der Waals surface area contributed by atoms with Crippen LogP contribution < -0.4 is 0 Å². The minimum absolute atomic E-state index is 0.0000945. The lowest BCUT2D eigenvalue weighted by atomic mass is 10.1. The Morgan fingerprint density at radius 2 is 1.89 bits per heavy atom. The van der Waals surface area contributed by atoms with Crippen molar-refractivity contribution in [2.24, 2.45) is 0 Å². The van der Waals surface area contributed by atoms with E-state index in [4.69, 9.17) is 0 Å². The molecule has 1 saturated heterocycles. The molecule has 0 bridgehead atoms. The minimum atomic E-state index is -3.04. The molecule has 0 atom stereocenters. The summed E-state index contributed by atoms with van der Waals surface area (Å²) in [6.45, 7) is 2.01. The summed E-state index contributed by atoms with van der Waals surface area (Å²) in [6, 6.07) is 4.40. The molecular formula is C12H14FNO3S. The third-order valence-electron chi connectivity index (χ3n) is 2.99. The molecule has 1 aliphatic heterocycles. The fourth-order valence-corrected chi connectivity index (χ4v) is 3.08. The zero-order chi connectivity index (χ0) is 13.3. The molecule has 0 saturated carbocycles. The topological polar surface area (TPSA) is 54.5 Å². The maximum absolute atomic E-state index is 13.6. The quantitative estimate of drug-likeness (QED) is 0.766. The van der Waals surface area contributed by atoms with E-state index in [1.54, 1.807) is 13.0 Å². The van der Waals surface area contributed by atoms with E-state index in [0.717, 1.165) is 5.56 Å². The van der Waals surface area contributed by atoms with Crippen LogP contribution in [0, 0.1) is 12.7 Å². The van der Waals surface area contributed by atoms with Crippen LogP contribution in [-0.2, 0) is 9.84 Å². The van der Waals surface area contributed by atoms with E-state index in [-0.39, 0.29) is 30.2 Å². The number of hydrogen-bond acceptors (Lipinski definition) is 3. The Kier molecular flexibility index (Phi) is 3.38. The van der Waals surface area contributed by atoms with Crippen molar-refractivity contribution in [3.8, 4) is 0 Å². The Hall–Kier alpha value is -1.43. The maximum Gasteiger partial charge on any atom is 0.256 e. The van der Waals surface area contributed by atoms with E-state index < -0.39 is 21.6 Å². The van der Waals surface area contributed by atoms with Gasteiger partial charge in [0.25, 0.3) is 5.91 Å². The number of carbonyl (C=O) groups excluding carboxylic acids is 1. The van der Waals surface area contributed by atoms with Crippen LogP contribution >= 0.6 is 0 Å². The van der Waals surface area contributed by atoms with Crippen LogP contribution in [0.15, 0.2) is 18.2 Å². The lowest BCUT2D eigenvalue weighted by molar-refractivity contribution is 0.0765. The first-order valence-corrected chi connectivity index (χ1v) is 7.47. The van der Waals surface area contributed by atoms with Gasteiger partial charge in [-0.2, -0.15) is 0 Å². The summed E-state index contributed by atoms with van der Waals surface area (Å²) in [6.07, 6.45) is 0. The Morgan fingerprint density at radius 1 is 1.28 bits per heavy atom. The number of aryl methyl sites for hydroxylation is 1. The highest BCUT2D eigenvalue weighted by Crippen LogP contribution is 2.14. The molecule has 1 amide bonds. The summed E-state index contributed by atoms with van der Waals surface area (Å²) in [4.78, 5) is 13.4. The molecule has 1 aromatic carbocycles. The monoisotopic (exact) mass is 271 g/mol. The molecule has 1 heterocycles. The number of rotatable bonds is 1. The van der Waals surface area contributed by atoms with Crippen molar-refractivity contribution in [1.82, 2.24) is 4.90 Å². The van der Waals surface area contributed by atoms with Crippen LogP contribution in [0.4, 0.5) is 4.39 Å². The summed E-state index contributed by atoms with van der Waals surface area (Å²) in [5, 5.41) is 0. The van der Waals surface area contributed by atoms with Crippen LogP contribution in [0.1, 0.15) is 15.9 Å². The third kappa shape index (κ3) is 2.69. The predicted octanol–water partition coefficient (Wildman–Crippen LogP) is 1.00. The van der Waals surface area contributed by atoms with E-state index in [9.17, 15) is 17.6 Å². The number of nitrogens with zero attached hydrogens (tertiary/aromatic N) is 1. The Labute approximate surface area is 105 Å². The smallest absolute Gasteiger partial charge is 0.256 e. The number of sulfone groups is 1. The van der Waals surface area contributed by atoms with Crippen LogP contribution in [0.2, 0.25) is 0 Å². The molecule has 1 aliphatic rings. The summed E-state index contributed by atoms with van der Waals surface area (Å²) in [5.74, 6) is -1.10. The molecule has 6 heteroatoms. The summed E-state index contributed by atoms with van der Waals surface area (Å²) in [7, 11) is -3.04. The molecule has 0 N–H and O–H groups in total.